The van der Waals surface area contributed by atoms with E-state index in [1.165, 1.54) is 0 Å². The number of sulfone groups is 2. The molecule has 0 unspecified atom stereocenters. The van der Waals surface area contributed by atoms with Gasteiger partial charge in [-0.3, -0.25) is 0 Å². The minimum atomic E-state index is -5.81. The molecule has 3 rings (SSSR count). The van der Waals surface area contributed by atoms with Crippen molar-refractivity contribution in [2.24, 2.45) is 0 Å². The van der Waals surface area contributed by atoms with Crippen LogP contribution in [0.1, 0.15) is 5.56 Å². The van der Waals surface area contributed by atoms with Crippen LogP contribution in [0.15, 0.2) is 66.3 Å². The summed E-state index contributed by atoms with van der Waals surface area (Å²) in [6.45, 7) is 0. The third-order valence-corrected chi connectivity index (χ3v) is 11.1. The van der Waals surface area contributed by atoms with Crippen molar-refractivity contribution in [2.75, 3.05) is 0 Å². The van der Waals surface area contributed by atoms with Crippen LogP contribution >= 0.6 is 33.6 Å². The number of hydrogen-bond donors (Lipinski definition) is 0. The lowest BCUT2D eigenvalue weighted by Gasteiger charge is -2.19. The van der Waals surface area contributed by atoms with Crippen LogP contribution in [0.25, 0.3) is 0 Å². The van der Waals surface area contributed by atoms with Gasteiger partial charge >= 0.3 is 6.18 Å². The molecular formula is C17H7Cl2F5O6S4. The Bertz CT molecular complexity index is 1630. The molecule has 184 valence electrons. The van der Waals surface area contributed by atoms with Crippen LogP contribution < -0.4 is 0 Å². The smallest absolute Gasteiger partial charge is 0.218 e. The van der Waals surface area contributed by atoms with E-state index in [1.54, 1.807) is 0 Å². The lowest BCUT2D eigenvalue weighted by atomic mass is 10.2. The second-order valence-electron chi connectivity index (χ2n) is 6.34. The summed E-state index contributed by atoms with van der Waals surface area (Å²) in [5.41, 5.74) is -2.43. The molecule has 2 aromatic carbocycles. The van der Waals surface area contributed by atoms with Crippen molar-refractivity contribution in [2.45, 2.75) is 30.0 Å². The van der Waals surface area contributed by atoms with E-state index < -0.39 is 75.9 Å². The molecule has 0 N–H and O–H groups in total. The molecule has 0 bridgehead atoms. The first kappa shape index (κ1) is 26.8. The zero-order valence-electron chi connectivity index (χ0n) is 15.8. The molecule has 0 atom stereocenters. The maximum absolute atomic E-state index is 14.2. The fourth-order valence-corrected chi connectivity index (χ4v) is 9.33. The minimum Gasteiger partial charge on any atom is -0.218 e. The maximum atomic E-state index is 14.2. The highest BCUT2D eigenvalue weighted by atomic mass is 35.7. The van der Waals surface area contributed by atoms with Crippen molar-refractivity contribution in [1.29, 1.82) is 0 Å². The van der Waals surface area contributed by atoms with Crippen molar-refractivity contribution < 1.29 is 47.2 Å². The lowest BCUT2D eigenvalue weighted by Crippen LogP contribution is -2.21. The first-order valence-electron chi connectivity index (χ1n) is 8.28. The Balaban J connectivity index is 2.57. The topological polar surface area (TPSA) is 102 Å². The molecular weight excluding hydrogens is 594 g/mol. The average molecular weight is 601 g/mol. The third kappa shape index (κ3) is 4.81. The second kappa shape index (κ2) is 8.71. The van der Waals surface area contributed by atoms with Crippen molar-refractivity contribution in [3.05, 3.63) is 64.0 Å². The minimum absolute atomic E-state index is 0.0863. The number of halogens is 7. The summed E-state index contributed by atoms with van der Waals surface area (Å²) in [5, 5.41) is 0. The molecule has 3 aromatic rings. The molecule has 1 aromatic heterocycles. The van der Waals surface area contributed by atoms with E-state index in [-0.39, 0.29) is 33.9 Å². The Morgan fingerprint density at radius 3 is 1.79 bits per heavy atom. The largest absolute Gasteiger partial charge is 0.419 e. The van der Waals surface area contributed by atoms with Crippen LogP contribution in [0.4, 0.5) is 22.0 Å². The Morgan fingerprint density at radius 2 is 1.32 bits per heavy atom. The zero-order chi connectivity index (χ0) is 25.9. The van der Waals surface area contributed by atoms with Gasteiger partial charge in [0.2, 0.25) is 19.7 Å². The van der Waals surface area contributed by atoms with E-state index >= 15 is 0 Å². The standard InChI is InChI=1S/C17H7Cl2F5O6S4/c18-13-5-6-14(31-13)33(27,28)16-12(34(19,29)30)4-3-11(15(16)17(22,23)24)32(25,26)10-2-1-8(20)7-9(10)21/h1-7H. The molecule has 0 radical (unpaired) electrons. The van der Waals surface area contributed by atoms with Crippen molar-refractivity contribution in [3.8, 4) is 0 Å². The van der Waals surface area contributed by atoms with E-state index in [9.17, 15) is 47.2 Å². The molecule has 0 aliphatic carbocycles. The summed E-state index contributed by atoms with van der Waals surface area (Å²) in [4.78, 5) is -6.76. The molecule has 0 aliphatic heterocycles. The van der Waals surface area contributed by atoms with Gasteiger partial charge in [0.1, 0.15) is 30.5 Å². The average Bonchev–Trinajstić information content (AvgIpc) is 3.12. The van der Waals surface area contributed by atoms with Crippen LogP contribution in [0.5, 0.6) is 0 Å². The van der Waals surface area contributed by atoms with Gasteiger partial charge in [-0.2, -0.15) is 13.2 Å². The Morgan fingerprint density at radius 1 is 0.765 bits per heavy atom. The number of alkyl halides is 3. The van der Waals surface area contributed by atoms with Crippen LogP contribution in [-0.4, -0.2) is 25.3 Å². The van der Waals surface area contributed by atoms with Crippen molar-refractivity contribution >= 4 is 62.3 Å². The summed E-state index contributed by atoms with van der Waals surface area (Å²) in [7, 11) is -10.9. The number of benzene rings is 2. The molecule has 0 saturated heterocycles. The van der Waals surface area contributed by atoms with Crippen LogP contribution in [0.3, 0.4) is 0 Å². The van der Waals surface area contributed by atoms with Crippen LogP contribution in [-0.2, 0) is 34.9 Å². The summed E-state index contributed by atoms with van der Waals surface area (Å²) in [6.07, 6.45) is -5.81. The normalized spacial score (nSPS) is 13.3. The van der Waals surface area contributed by atoms with E-state index in [0.29, 0.717) is 12.1 Å². The Kier molecular flexibility index (Phi) is 6.87. The van der Waals surface area contributed by atoms with Gasteiger partial charge in [-0.15, -0.1) is 11.3 Å². The monoisotopic (exact) mass is 600 g/mol. The molecule has 0 saturated carbocycles. The summed E-state index contributed by atoms with van der Waals surface area (Å²) in [5.74, 6) is -3.01. The Hall–Kier alpha value is -1.78. The van der Waals surface area contributed by atoms with Crippen LogP contribution in [0.2, 0.25) is 4.34 Å². The molecule has 0 spiro atoms. The summed E-state index contributed by atoms with van der Waals surface area (Å²) < 4.78 is 145. The molecule has 17 heteroatoms. The third-order valence-electron chi connectivity index (χ3n) is 4.18. The van der Waals surface area contributed by atoms with Crippen molar-refractivity contribution in [1.82, 2.24) is 0 Å². The molecule has 34 heavy (non-hydrogen) atoms. The van der Waals surface area contributed by atoms with Gasteiger partial charge in [-0.25, -0.2) is 34.0 Å². The Labute approximate surface area is 202 Å². The van der Waals surface area contributed by atoms with E-state index in [4.69, 9.17) is 22.3 Å². The quantitative estimate of drug-likeness (QED) is 0.224. The second-order valence-corrected chi connectivity index (χ2v) is 14.6. The van der Waals surface area contributed by atoms with Gasteiger partial charge in [0, 0.05) is 16.7 Å². The number of rotatable bonds is 5. The summed E-state index contributed by atoms with van der Waals surface area (Å²) >= 11 is 5.91. The first-order valence-corrected chi connectivity index (χ1v) is 14.7. The molecule has 1 heterocycles. The van der Waals surface area contributed by atoms with Gasteiger partial charge < -0.3 is 0 Å². The predicted octanol–water partition coefficient (Wildman–Crippen LogP) is 5.29. The maximum Gasteiger partial charge on any atom is 0.419 e. The van der Waals surface area contributed by atoms with Gasteiger partial charge in [0.15, 0.2) is 0 Å². The van der Waals surface area contributed by atoms with E-state index in [1.807, 2.05) is 0 Å². The van der Waals surface area contributed by atoms with E-state index in [0.717, 1.165) is 12.1 Å². The molecule has 0 aliphatic rings. The number of thiophene rings is 1. The van der Waals surface area contributed by atoms with Gasteiger partial charge in [-0.1, -0.05) is 11.6 Å². The zero-order valence-corrected chi connectivity index (χ0v) is 20.5. The SMILES string of the molecule is O=S(=O)(Cl)c1ccc(S(=O)(=O)c2ccc(F)cc2F)c(C(F)(F)F)c1S(=O)(=O)c1ccc(Cl)s1. The van der Waals surface area contributed by atoms with Gasteiger partial charge in [0.05, 0.1) is 14.8 Å². The van der Waals surface area contributed by atoms with E-state index in [2.05, 4.69) is 0 Å². The molecule has 6 nitrogen and oxygen atoms in total. The predicted molar refractivity (Wildman–Crippen MR) is 111 cm³/mol. The molecule has 0 amide bonds. The van der Waals surface area contributed by atoms with Gasteiger partial charge in [0.25, 0.3) is 9.05 Å². The summed E-state index contributed by atoms with van der Waals surface area (Å²) in [6, 6.07) is 2.99. The van der Waals surface area contributed by atoms with Crippen molar-refractivity contribution in [3.63, 3.8) is 0 Å². The fourth-order valence-electron chi connectivity index (χ4n) is 2.85. The van der Waals surface area contributed by atoms with Crippen LogP contribution in [0, 0.1) is 11.6 Å². The first-order chi connectivity index (χ1) is 15.4. The highest BCUT2D eigenvalue weighted by molar-refractivity contribution is 8.14. The number of hydrogen-bond acceptors (Lipinski definition) is 7. The lowest BCUT2D eigenvalue weighted by molar-refractivity contribution is -0.142. The highest BCUT2D eigenvalue weighted by Crippen LogP contribution is 2.46. The molecule has 0 fully saturated rings. The highest BCUT2D eigenvalue weighted by Gasteiger charge is 2.47. The fraction of sp³-hybridized carbons (Fsp3) is 0.0588. The van der Waals surface area contributed by atoms with Gasteiger partial charge in [-0.05, 0) is 36.4 Å².